The first-order valence-corrected chi connectivity index (χ1v) is 2.74. The van der Waals surface area contributed by atoms with E-state index in [9.17, 15) is 0 Å². The lowest BCUT2D eigenvalue weighted by molar-refractivity contribution is 1.11. The number of amidine groups is 1. The lowest BCUT2D eigenvalue weighted by Gasteiger charge is -1.86. The maximum Gasteiger partial charge on any atom is 0.170 e. The molecule has 0 saturated carbocycles. The standard InChI is InChI=1S/C4H10N6/c1-2-4(9-6)10-8-3-7-5/h3H,2,5-6H2,1H3/b7-3+,9-4+,10-8+/i5+1,7+1. The molecule has 0 aliphatic carbocycles. The van der Waals surface area contributed by atoms with E-state index >= 15 is 0 Å². The number of nitrogens with zero attached hydrogens (tertiary/aromatic N) is 4. The van der Waals surface area contributed by atoms with E-state index in [-0.39, 0.29) is 0 Å². The number of hydrogen-bond donors (Lipinski definition) is 2. The van der Waals surface area contributed by atoms with Gasteiger partial charge in [-0.05, 0) is 0 Å². The molecule has 10 heavy (non-hydrogen) atoms. The van der Waals surface area contributed by atoms with Crippen LogP contribution in [-0.4, -0.2) is 12.2 Å². The molecule has 0 rings (SSSR count). The molecule has 0 unspecified atom stereocenters. The van der Waals surface area contributed by atoms with Crippen LogP contribution in [0.4, 0.5) is 0 Å². The zero-order chi connectivity index (χ0) is 7.82. The van der Waals surface area contributed by atoms with Gasteiger partial charge in [-0.15, -0.1) is 10.2 Å². The van der Waals surface area contributed by atoms with Gasteiger partial charge in [0.1, 0.15) is 0 Å². The highest BCUT2D eigenvalue weighted by Gasteiger charge is 1.87. The molecule has 0 aliphatic rings. The minimum Gasteiger partial charge on any atom is -0.322 e. The molecule has 0 heterocycles. The molecule has 0 aromatic carbocycles. The molecule has 6 heteroatoms. The molecule has 4 N–H and O–H groups in total. The van der Waals surface area contributed by atoms with Crippen LogP contribution in [0, 0.1) is 0 Å². The van der Waals surface area contributed by atoms with E-state index < -0.39 is 0 Å². The lowest BCUT2D eigenvalue weighted by atomic mass is 10.5. The minimum atomic E-state index is 0.458. The first-order chi connectivity index (χ1) is 4.85. The highest BCUT2D eigenvalue weighted by Crippen LogP contribution is 1.85. The van der Waals surface area contributed by atoms with Crippen LogP contribution < -0.4 is 11.7 Å². The average molecular weight is 144 g/mol. The maximum absolute atomic E-state index is 4.92. The summed E-state index contributed by atoms with van der Waals surface area (Å²) in [7, 11) is 0. The Kier molecular flexibility index (Phi) is 4.84. The van der Waals surface area contributed by atoms with E-state index in [1.807, 2.05) is 6.92 Å². The van der Waals surface area contributed by atoms with Crippen molar-refractivity contribution in [1.82, 2.24) is 0 Å². The smallest absolute Gasteiger partial charge is 0.170 e. The van der Waals surface area contributed by atoms with Crippen molar-refractivity contribution in [3.8, 4) is 0 Å². The van der Waals surface area contributed by atoms with Crippen LogP contribution in [0.3, 0.4) is 0 Å². The minimum absolute atomic E-state index is 0.458. The summed E-state index contributed by atoms with van der Waals surface area (Å²) in [6.07, 6.45) is 1.75. The zero-order valence-electron chi connectivity index (χ0n) is 5.73. The third-order valence-electron chi connectivity index (χ3n) is 0.757. The first-order valence-electron chi connectivity index (χ1n) is 2.74. The van der Waals surface area contributed by atoms with Gasteiger partial charge in [-0.25, -0.2) is 0 Å². The molecule has 6 nitrogen and oxygen atoms in total. The molecule has 0 radical (unpaired) electrons. The average Bonchev–Trinajstić information content (AvgIpc) is 1.99. The van der Waals surface area contributed by atoms with Crippen LogP contribution in [0.2, 0.25) is 0 Å². The summed E-state index contributed by atoms with van der Waals surface area (Å²) in [6, 6.07) is 0. The third kappa shape index (κ3) is 3.53. The van der Waals surface area contributed by atoms with Gasteiger partial charge in [0, 0.05) is 6.42 Å². The van der Waals surface area contributed by atoms with Crippen molar-refractivity contribution in [2.45, 2.75) is 13.3 Å². The van der Waals surface area contributed by atoms with Gasteiger partial charge in [0.2, 0.25) is 0 Å². The molecule has 0 amide bonds. The number of hydrazone groups is 2. The Balaban J connectivity index is 3.85. The predicted octanol–water partition coefficient (Wildman–Crippen LogP) is 0.0228. The molecule has 0 saturated heterocycles. The SMILES string of the molecule is CCC(/N=N/C=[15N]/[15NH2])=N\N. The van der Waals surface area contributed by atoms with E-state index in [0.29, 0.717) is 12.3 Å². The summed E-state index contributed by atoms with van der Waals surface area (Å²) < 4.78 is 0. The molecule has 0 atom stereocenters. The first kappa shape index (κ1) is 8.54. The summed E-state index contributed by atoms with van der Waals surface area (Å²) in [6.45, 7) is 1.87. The van der Waals surface area contributed by atoms with Gasteiger partial charge >= 0.3 is 0 Å². The molecular formula is C4H10N6. The molecule has 0 aliphatic heterocycles. The monoisotopic (exact) mass is 144 g/mol. The fourth-order valence-electron chi connectivity index (χ4n) is 0.310. The summed E-state index contributed by atoms with van der Waals surface area (Å²) in [5, 5.41) is 13.4. The molecule has 0 bridgehead atoms. The van der Waals surface area contributed by atoms with Gasteiger partial charge < -0.3 is 11.7 Å². The molecule has 0 aromatic heterocycles. The number of nitrogens with two attached hydrogens (primary N) is 2. The predicted molar refractivity (Wildman–Crippen MR) is 39.4 cm³/mol. The Bertz CT molecular complexity index is 157. The van der Waals surface area contributed by atoms with Crippen LogP contribution in [0.15, 0.2) is 20.4 Å². The van der Waals surface area contributed by atoms with Gasteiger partial charge in [-0.3, -0.25) is 0 Å². The fraction of sp³-hybridized carbons (Fsp3) is 0.500. The fourth-order valence-corrected chi connectivity index (χ4v) is 0.310. The Hall–Kier alpha value is -1.46. The van der Waals surface area contributed by atoms with E-state index in [1.165, 1.54) is 0 Å². The molecule has 0 fully saturated rings. The second-order valence-corrected chi connectivity index (χ2v) is 1.38. The lowest BCUT2D eigenvalue weighted by Crippen LogP contribution is -1.95. The second kappa shape index (κ2) is 5.67. The van der Waals surface area contributed by atoms with Crippen molar-refractivity contribution in [2.24, 2.45) is 32.1 Å². The van der Waals surface area contributed by atoms with E-state index in [0.717, 1.165) is 6.34 Å². The summed E-state index contributed by atoms with van der Waals surface area (Å²) in [4.78, 5) is 0. The van der Waals surface area contributed by atoms with Crippen molar-refractivity contribution in [2.75, 3.05) is 0 Å². The van der Waals surface area contributed by atoms with Crippen molar-refractivity contribution in [1.29, 1.82) is 0 Å². The van der Waals surface area contributed by atoms with Crippen molar-refractivity contribution in [3.05, 3.63) is 0 Å². The quantitative estimate of drug-likeness (QED) is 0.142. The molecule has 56 valence electrons. The Morgan fingerprint density at radius 2 is 2.20 bits per heavy atom. The highest BCUT2D eigenvalue weighted by atomic mass is 16.1. The van der Waals surface area contributed by atoms with E-state index in [4.69, 9.17) is 11.7 Å². The Morgan fingerprint density at radius 3 is 2.60 bits per heavy atom. The van der Waals surface area contributed by atoms with Crippen LogP contribution in [-0.2, 0) is 0 Å². The largest absolute Gasteiger partial charge is 0.322 e. The van der Waals surface area contributed by atoms with E-state index in [2.05, 4.69) is 20.4 Å². The van der Waals surface area contributed by atoms with Gasteiger partial charge in [0.15, 0.2) is 12.2 Å². The topological polar surface area (TPSA) is 101 Å². The summed E-state index contributed by atoms with van der Waals surface area (Å²) in [5.41, 5.74) is 0. The van der Waals surface area contributed by atoms with Crippen LogP contribution in [0.25, 0.3) is 0 Å². The van der Waals surface area contributed by atoms with Crippen molar-refractivity contribution in [3.63, 3.8) is 0 Å². The maximum atomic E-state index is 4.92. The zero-order valence-corrected chi connectivity index (χ0v) is 5.73. The summed E-state index contributed by atoms with van der Waals surface area (Å²) >= 11 is 0. The molecule has 0 spiro atoms. The number of azo groups is 1. The van der Waals surface area contributed by atoms with Gasteiger partial charge in [-0.2, -0.15) is 10.2 Å². The van der Waals surface area contributed by atoms with Gasteiger partial charge in [0.05, 0.1) is 0 Å². The third-order valence-corrected chi connectivity index (χ3v) is 0.757. The van der Waals surface area contributed by atoms with Gasteiger partial charge in [0.25, 0.3) is 0 Å². The van der Waals surface area contributed by atoms with Crippen LogP contribution in [0.5, 0.6) is 0 Å². The highest BCUT2D eigenvalue weighted by molar-refractivity contribution is 5.82. The second-order valence-electron chi connectivity index (χ2n) is 1.38. The van der Waals surface area contributed by atoms with E-state index in [1.54, 1.807) is 0 Å². The van der Waals surface area contributed by atoms with Crippen molar-refractivity contribution < 1.29 is 0 Å². The molecule has 0 aromatic rings. The Labute approximate surface area is 58.7 Å². The Morgan fingerprint density at radius 1 is 1.50 bits per heavy atom. The summed E-state index contributed by atoms with van der Waals surface area (Å²) in [5.74, 6) is 10.1. The normalized spacial score (nSPS) is 13.5. The van der Waals surface area contributed by atoms with Crippen LogP contribution in [0.1, 0.15) is 13.3 Å². The number of hydrogen-bond acceptors (Lipinski definition) is 4. The number of rotatable bonds is 2. The van der Waals surface area contributed by atoms with Gasteiger partial charge in [-0.1, -0.05) is 6.92 Å². The van der Waals surface area contributed by atoms with Crippen molar-refractivity contribution >= 4 is 12.2 Å². The van der Waals surface area contributed by atoms with Crippen LogP contribution >= 0.6 is 0 Å². The molecular weight excluding hydrogens is 134 g/mol.